The third-order valence-corrected chi connectivity index (χ3v) is 5.69. The summed E-state index contributed by atoms with van der Waals surface area (Å²) >= 11 is 1.33. The van der Waals surface area contributed by atoms with E-state index in [-0.39, 0.29) is 18.0 Å². The molecule has 2 heterocycles. The number of benzene rings is 2. The molecule has 33 heavy (non-hydrogen) atoms. The summed E-state index contributed by atoms with van der Waals surface area (Å²) in [5.74, 6) is 1.60. The molecule has 170 valence electrons. The number of para-hydroxylation sites is 1. The van der Waals surface area contributed by atoms with Gasteiger partial charge in [0.05, 0.1) is 43.9 Å². The molecule has 0 radical (unpaired) electrons. The zero-order valence-electron chi connectivity index (χ0n) is 18.4. The van der Waals surface area contributed by atoms with Crippen molar-refractivity contribution < 1.29 is 14.3 Å². The third-order valence-electron chi connectivity index (χ3n) is 4.93. The predicted molar refractivity (Wildman–Crippen MR) is 128 cm³/mol. The van der Waals surface area contributed by atoms with Crippen molar-refractivity contribution in [1.29, 1.82) is 0 Å². The maximum Gasteiger partial charge on any atom is 0.258 e. The molecule has 4 aromatic rings. The number of likely N-dealkylation sites (N-methyl/N-ethyl adjacent to an activating group) is 1. The number of H-pyrrole nitrogens is 1. The average Bonchev–Trinajstić information content (AvgIpc) is 3.26. The number of carbonyl (C=O) groups excluding carboxylic acids is 1. The van der Waals surface area contributed by atoms with E-state index in [2.05, 4.69) is 20.3 Å². The van der Waals surface area contributed by atoms with Crippen LogP contribution in [-0.4, -0.2) is 53.6 Å². The fourth-order valence-corrected chi connectivity index (χ4v) is 4.12. The Bertz CT molecular complexity index is 1350. The van der Waals surface area contributed by atoms with E-state index < -0.39 is 0 Å². The van der Waals surface area contributed by atoms with Gasteiger partial charge in [0.15, 0.2) is 5.13 Å². The SMILES string of the molecule is COc1ccc(-c2csc(NC(=O)CN(C)Cc3nc4ccccc4c(=O)[nH]3)n2)c(OC)c1. The number of ether oxygens (including phenoxy) is 2. The summed E-state index contributed by atoms with van der Waals surface area (Å²) in [7, 11) is 4.96. The molecule has 0 saturated carbocycles. The van der Waals surface area contributed by atoms with Crippen LogP contribution in [0.3, 0.4) is 0 Å². The molecule has 1 amide bonds. The van der Waals surface area contributed by atoms with E-state index in [1.807, 2.05) is 23.6 Å². The first-order valence-corrected chi connectivity index (χ1v) is 11.0. The van der Waals surface area contributed by atoms with Gasteiger partial charge in [0.25, 0.3) is 5.56 Å². The van der Waals surface area contributed by atoms with Crippen molar-refractivity contribution in [2.24, 2.45) is 0 Å². The van der Waals surface area contributed by atoms with E-state index in [4.69, 9.17) is 9.47 Å². The van der Waals surface area contributed by atoms with Gasteiger partial charge < -0.3 is 19.8 Å². The zero-order valence-corrected chi connectivity index (χ0v) is 19.2. The number of rotatable bonds is 8. The van der Waals surface area contributed by atoms with Crippen LogP contribution in [-0.2, 0) is 11.3 Å². The van der Waals surface area contributed by atoms with E-state index in [9.17, 15) is 9.59 Å². The van der Waals surface area contributed by atoms with Crippen molar-refractivity contribution in [3.05, 3.63) is 64.0 Å². The van der Waals surface area contributed by atoms with Gasteiger partial charge >= 0.3 is 0 Å². The van der Waals surface area contributed by atoms with Crippen LogP contribution in [0.25, 0.3) is 22.2 Å². The number of aromatic amines is 1. The van der Waals surface area contributed by atoms with E-state index in [1.165, 1.54) is 11.3 Å². The highest BCUT2D eigenvalue weighted by Crippen LogP contribution is 2.34. The molecular formula is C23H23N5O4S. The summed E-state index contributed by atoms with van der Waals surface area (Å²) in [6.07, 6.45) is 0. The monoisotopic (exact) mass is 465 g/mol. The number of nitrogens with one attached hydrogen (secondary N) is 2. The van der Waals surface area contributed by atoms with Crippen molar-refractivity contribution >= 4 is 33.3 Å². The minimum atomic E-state index is -0.219. The Morgan fingerprint density at radius 3 is 2.76 bits per heavy atom. The number of methoxy groups -OCH3 is 2. The highest BCUT2D eigenvalue weighted by atomic mass is 32.1. The van der Waals surface area contributed by atoms with E-state index in [1.54, 1.807) is 50.4 Å². The third kappa shape index (κ3) is 5.18. The molecule has 0 bridgehead atoms. The molecule has 10 heteroatoms. The van der Waals surface area contributed by atoms with Crippen LogP contribution < -0.4 is 20.3 Å². The molecule has 0 spiro atoms. The Morgan fingerprint density at radius 2 is 1.97 bits per heavy atom. The maximum atomic E-state index is 12.5. The molecule has 2 aromatic heterocycles. The summed E-state index contributed by atoms with van der Waals surface area (Å²) in [6.45, 7) is 0.428. The highest BCUT2D eigenvalue weighted by molar-refractivity contribution is 7.14. The van der Waals surface area contributed by atoms with Gasteiger partial charge in [-0.3, -0.25) is 14.5 Å². The number of aromatic nitrogens is 3. The number of nitrogens with zero attached hydrogens (tertiary/aromatic N) is 3. The Labute approximate surface area is 194 Å². The molecule has 0 fully saturated rings. The van der Waals surface area contributed by atoms with Gasteiger partial charge in [-0.25, -0.2) is 9.97 Å². The van der Waals surface area contributed by atoms with Crippen LogP contribution in [0.1, 0.15) is 5.82 Å². The molecule has 0 aliphatic carbocycles. The molecule has 0 saturated heterocycles. The van der Waals surface area contributed by atoms with E-state index in [0.29, 0.717) is 45.6 Å². The molecule has 9 nitrogen and oxygen atoms in total. The van der Waals surface area contributed by atoms with Crippen molar-refractivity contribution in [2.75, 3.05) is 33.1 Å². The Kier molecular flexibility index (Phi) is 6.66. The summed E-state index contributed by atoms with van der Waals surface area (Å²) in [6, 6.07) is 12.6. The second kappa shape index (κ2) is 9.80. The normalized spacial score (nSPS) is 11.0. The summed E-state index contributed by atoms with van der Waals surface area (Å²) in [5.41, 5.74) is 1.93. The quantitative estimate of drug-likeness (QED) is 0.411. The lowest BCUT2D eigenvalue weighted by molar-refractivity contribution is -0.117. The van der Waals surface area contributed by atoms with Gasteiger partial charge in [0.2, 0.25) is 5.91 Å². The first-order chi connectivity index (χ1) is 16.0. The summed E-state index contributed by atoms with van der Waals surface area (Å²) in [5, 5.41) is 5.69. The fraction of sp³-hybridized carbons (Fsp3) is 0.217. The molecular weight excluding hydrogens is 442 g/mol. The van der Waals surface area contributed by atoms with Crippen LogP contribution in [0, 0.1) is 0 Å². The van der Waals surface area contributed by atoms with Crippen molar-refractivity contribution in [3.63, 3.8) is 0 Å². The smallest absolute Gasteiger partial charge is 0.258 e. The lowest BCUT2D eigenvalue weighted by atomic mass is 10.1. The summed E-state index contributed by atoms with van der Waals surface area (Å²) in [4.78, 5) is 38.3. The van der Waals surface area contributed by atoms with Crippen LogP contribution in [0.2, 0.25) is 0 Å². The van der Waals surface area contributed by atoms with Gasteiger partial charge in [-0.05, 0) is 31.3 Å². The van der Waals surface area contributed by atoms with Crippen LogP contribution in [0.5, 0.6) is 11.5 Å². The Hall–Kier alpha value is -3.76. The van der Waals surface area contributed by atoms with E-state index in [0.717, 1.165) is 5.56 Å². The van der Waals surface area contributed by atoms with Crippen molar-refractivity contribution in [2.45, 2.75) is 6.54 Å². The fourth-order valence-electron chi connectivity index (χ4n) is 3.39. The van der Waals surface area contributed by atoms with Gasteiger partial charge in [0, 0.05) is 17.0 Å². The Morgan fingerprint density at radius 1 is 1.15 bits per heavy atom. The Balaban J connectivity index is 1.40. The number of hydrogen-bond donors (Lipinski definition) is 2. The zero-order chi connectivity index (χ0) is 23.4. The topological polar surface area (TPSA) is 109 Å². The van der Waals surface area contributed by atoms with E-state index >= 15 is 0 Å². The molecule has 2 N–H and O–H groups in total. The average molecular weight is 466 g/mol. The number of thiazole rings is 1. The molecule has 0 aliphatic heterocycles. The number of carbonyl (C=O) groups is 1. The maximum absolute atomic E-state index is 12.5. The summed E-state index contributed by atoms with van der Waals surface area (Å²) < 4.78 is 10.7. The minimum absolute atomic E-state index is 0.108. The molecule has 2 aromatic carbocycles. The number of fused-ring (bicyclic) bond motifs is 1. The minimum Gasteiger partial charge on any atom is -0.497 e. The van der Waals surface area contributed by atoms with Crippen molar-refractivity contribution in [3.8, 4) is 22.8 Å². The molecule has 4 rings (SSSR count). The lowest BCUT2D eigenvalue weighted by Crippen LogP contribution is -2.31. The standard InChI is InChI=1S/C23H23N5O4S/c1-28(11-20-24-17-7-5-4-6-16(17)22(30)26-20)12-21(29)27-23-25-18(13-33-23)15-9-8-14(31-2)10-19(15)32-3/h4-10,13H,11-12H2,1-3H3,(H,24,26,30)(H,25,27,29). The van der Waals surface area contributed by atoms with Gasteiger partial charge in [-0.15, -0.1) is 11.3 Å². The molecule has 0 unspecified atom stereocenters. The second-order valence-corrected chi connectivity index (χ2v) is 8.21. The van der Waals surface area contributed by atoms with Crippen LogP contribution in [0.4, 0.5) is 5.13 Å². The predicted octanol–water partition coefficient (Wildman–Crippen LogP) is 3.13. The first kappa shape index (κ1) is 22.4. The number of hydrogen-bond acceptors (Lipinski definition) is 8. The number of amides is 1. The lowest BCUT2D eigenvalue weighted by Gasteiger charge is -2.15. The molecule has 0 aliphatic rings. The van der Waals surface area contributed by atoms with Crippen LogP contribution >= 0.6 is 11.3 Å². The largest absolute Gasteiger partial charge is 0.497 e. The van der Waals surface area contributed by atoms with Gasteiger partial charge in [0.1, 0.15) is 17.3 Å². The number of anilines is 1. The highest BCUT2D eigenvalue weighted by Gasteiger charge is 2.14. The second-order valence-electron chi connectivity index (χ2n) is 7.35. The van der Waals surface area contributed by atoms with Crippen LogP contribution in [0.15, 0.2) is 52.6 Å². The van der Waals surface area contributed by atoms with Crippen molar-refractivity contribution in [1.82, 2.24) is 19.9 Å². The first-order valence-electron chi connectivity index (χ1n) is 10.1. The molecule has 0 atom stereocenters. The van der Waals surface area contributed by atoms with Gasteiger partial charge in [-0.2, -0.15) is 0 Å². The van der Waals surface area contributed by atoms with Gasteiger partial charge in [-0.1, -0.05) is 12.1 Å².